The summed E-state index contributed by atoms with van der Waals surface area (Å²) in [6.45, 7) is 5.47. The fraction of sp³-hybridized carbons (Fsp3) is 0.647. The molecule has 0 spiro atoms. The van der Waals surface area contributed by atoms with Crippen LogP contribution in [0, 0.1) is 5.92 Å². The number of benzene rings is 1. The molecule has 1 aliphatic heterocycles. The smallest absolute Gasteiger partial charge is 0.0618 e. The topological polar surface area (TPSA) is 26.6 Å². The average Bonchev–Trinajstić information content (AvgIpc) is 2.88. The number of hydrogen-bond acceptors (Lipinski definition) is 2. The van der Waals surface area contributed by atoms with Gasteiger partial charge in [-0.05, 0) is 25.3 Å². The minimum absolute atomic E-state index is 0.292. The van der Waals surface area contributed by atoms with E-state index >= 15 is 0 Å². The molecule has 1 aromatic carbocycles. The summed E-state index contributed by atoms with van der Waals surface area (Å²) in [5.74, 6) is 0.528. The van der Waals surface area contributed by atoms with E-state index in [1.54, 1.807) is 7.11 Å². The van der Waals surface area contributed by atoms with Gasteiger partial charge in [0.25, 0.3) is 0 Å². The molecule has 3 nitrogen and oxygen atoms in total. The Morgan fingerprint density at radius 3 is 2.75 bits per heavy atom. The monoisotopic (exact) mass is 275 g/mol. The molecule has 0 amide bonds. The van der Waals surface area contributed by atoms with Crippen molar-refractivity contribution in [3.05, 3.63) is 41.2 Å². The number of ether oxygens (including phenoxy) is 1. The van der Waals surface area contributed by atoms with Crippen molar-refractivity contribution < 1.29 is 4.74 Å². The van der Waals surface area contributed by atoms with E-state index in [0.29, 0.717) is 18.0 Å². The first-order chi connectivity index (χ1) is 9.76. The highest BCUT2D eigenvalue weighted by Crippen LogP contribution is 2.31. The van der Waals surface area contributed by atoms with E-state index in [4.69, 9.17) is 4.74 Å². The molecular formula is C17H27N2O-. The van der Waals surface area contributed by atoms with Crippen LogP contribution in [-0.2, 0) is 4.74 Å². The second kappa shape index (κ2) is 7.77. The van der Waals surface area contributed by atoms with Crippen molar-refractivity contribution in [1.29, 1.82) is 0 Å². The van der Waals surface area contributed by atoms with Crippen LogP contribution >= 0.6 is 0 Å². The molecule has 1 aromatic rings. The van der Waals surface area contributed by atoms with Crippen LogP contribution in [0.5, 0.6) is 0 Å². The minimum atomic E-state index is 0.292. The third-order valence-corrected chi connectivity index (χ3v) is 4.34. The highest BCUT2D eigenvalue weighted by Gasteiger charge is 2.26. The van der Waals surface area contributed by atoms with Crippen LogP contribution < -0.4 is 0 Å². The lowest BCUT2D eigenvalue weighted by atomic mass is 9.94. The van der Waals surface area contributed by atoms with Gasteiger partial charge in [-0.15, -0.1) is 6.04 Å². The van der Waals surface area contributed by atoms with Crippen molar-refractivity contribution in [2.75, 3.05) is 33.9 Å². The van der Waals surface area contributed by atoms with Gasteiger partial charge in [0.15, 0.2) is 0 Å². The van der Waals surface area contributed by atoms with Crippen molar-refractivity contribution >= 4 is 0 Å². The summed E-state index contributed by atoms with van der Waals surface area (Å²) >= 11 is 0. The van der Waals surface area contributed by atoms with Gasteiger partial charge in [-0.25, -0.2) is 0 Å². The number of hydrogen-bond donors (Lipinski definition) is 0. The molecule has 112 valence electrons. The van der Waals surface area contributed by atoms with E-state index in [-0.39, 0.29) is 0 Å². The van der Waals surface area contributed by atoms with Gasteiger partial charge in [0.1, 0.15) is 0 Å². The van der Waals surface area contributed by atoms with Gasteiger partial charge in [0.05, 0.1) is 6.61 Å². The summed E-state index contributed by atoms with van der Waals surface area (Å²) in [5, 5.41) is 4.61. The zero-order valence-electron chi connectivity index (χ0n) is 13.0. The summed E-state index contributed by atoms with van der Waals surface area (Å²) in [6, 6.07) is 11.5. The summed E-state index contributed by atoms with van der Waals surface area (Å²) < 4.78 is 5.34. The van der Waals surface area contributed by atoms with E-state index in [2.05, 4.69) is 47.5 Å². The van der Waals surface area contributed by atoms with Crippen molar-refractivity contribution in [3.8, 4) is 0 Å². The van der Waals surface area contributed by atoms with Crippen molar-refractivity contribution in [2.45, 2.75) is 31.8 Å². The van der Waals surface area contributed by atoms with Gasteiger partial charge >= 0.3 is 0 Å². The number of likely N-dealkylation sites (tertiary alicyclic amines) is 1. The molecule has 3 heteroatoms. The SMILES string of the molecule is C[N-][C@@H](c1ccccc1)[C@H](C)CN1CCC[C@H]1COC. The van der Waals surface area contributed by atoms with Crippen LogP contribution in [-0.4, -0.2) is 44.8 Å². The zero-order chi connectivity index (χ0) is 14.4. The molecule has 0 unspecified atom stereocenters. The maximum atomic E-state index is 5.34. The molecule has 3 atom stereocenters. The van der Waals surface area contributed by atoms with Gasteiger partial charge in [0.2, 0.25) is 0 Å². The lowest BCUT2D eigenvalue weighted by Gasteiger charge is -2.38. The average molecular weight is 275 g/mol. The number of nitrogens with zero attached hydrogens (tertiary/aromatic N) is 2. The molecule has 0 aromatic heterocycles. The fourth-order valence-electron chi connectivity index (χ4n) is 3.37. The molecule has 0 bridgehead atoms. The van der Waals surface area contributed by atoms with Crippen LogP contribution in [0.15, 0.2) is 30.3 Å². The van der Waals surface area contributed by atoms with Gasteiger partial charge in [-0.3, -0.25) is 4.90 Å². The summed E-state index contributed by atoms with van der Waals surface area (Å²) in [6.07, 6.45) is 2.56. The fourth-order valence-corrected chi connectivity index (χ4v) is 3.37. The largest absolute Gasteiger partial charge is 0.658 e. The lowest BCUT2D eigenvalue weighted by Crippen LogP contribution is -2.37. The molecule has 1 fully saturated rings. The van der Waals surface area contributed by atoms with E-state index in [9.17, 15) is 0 Å². The Morgan fingerprint density at radius 2 is 2.10 bits per heavy atom. The third kappa shape index (κ3) is 3.81. The first-order valence-corrected chi connectivity index (χ1v) is 7.63. The predicted molar refractivity (Wildman–Crippen MR) is 84.1 cm³/mol. The molecule has 2 rings (SSSR count). The molecule has 0 radical (unpaired) electrons. The van der Waals surface area contributed by atoms with E-state index < -0.39 is 0 Å². The molecular weight excluding hydrogens is 248 g/mol. The van der Waals surface area contributed by atoms with E-state index in [0.717, 1.165) is 13.2 Å². The normalized spacial score (nSPS) is 22.9. The first kappa shape index (κ1) is 15.5. The lowest BCUT2D eigenvalue weighted by molar-refractivity contribution is 0.105. The van der Waals surface area contributed by atoms with Crippen LogP contribution in [0.4, 0.5) is 0 Å². The van der Waals surface area contributed by atoms with Crippen LogP contribution in [0.1, 0.15) is 31.4 Å². The summed E-state index contributed by atoms with van der Waals surface area (Å²) in [5.41, 5.74) is 1.32. The predicted octanol–water partition coefficient (Wildman–Crippen LogP) is 3.48. The highest BCUT2D eigenvalue weighted by atomic mass is 16.5. The maximum absolute atomic E-state index is 5.34. The van der Waals surface area contributed by atoms with E-state index in [1.165, 1.54) is 24.9 Å². The molecule has 0 saturated carbocycles. The minimum Gasteiger partial charge on any atom is -0.658 e. The number of methoxy groups -OCH3 is 1. The Morgan fingerprint density at radius 1 is 1.35 bits per heavy atom. The van der Waals surface area contributed by atoms with Gasteiger partial charge < -0.3 is 10.1 Å². The zero-order valence-corrected chi connectivity index (χ0v) is 13.0. The summed E-state index contributed by atoms with van der Waals surface area (Å²) in [7, 11) is 3.73. The van der Waals surface area contributed by atoms with Crippen molar-refractivity contribution in [1.82, 2.24) is 4.90 Å². The molecule has 1 saturated heterocycles. The maximum Gasteiger partial charge on any atom is 0.0618 e. The Balaban J connectivity index is 1.97. The molecule has 0 aliphatic carbocycles. The molecule has 0 N–H and O–H groups in total. The Bertz CT molecular complexity index is 382. The second-order valence-electron chi connectivity index (χ2n) is 5.84. The Hall–Kier alpha value is -0.900. The van der Waals surface area contributed by atoms with Gasteiger partial charge in [-0.1, -0.05) is 42.8 Å². The first-order valence-electron chi connectivity index (χ1n) is 7.63. The van der Waals surface area contributed by atoms with Crippen LogP contribution in [0.3, 0.4) is 0 Å². The quantitative estimate of drug-likeness (QED) is 0.761. The standard InChI is InChI=1S/C17H27N2O/c1-14(12-19-11-7-10-16(19)13-20-3)17(18-2)15-8-5-4-6-9-15/h4-6,8-9,14,16-17H,7,10-13H2,1-3H3/q-1/t14-,16+,17-/m1/s1. The third-order valence-electron chi connectivity index (χ3n) is 4.34. The molecule has 1 heterocycles. The van der Waals surface area contributed by atoms with Crippen molar-refractivity contribution in [2.24, 2.45) is 5.92 Å². The van der Waals surface area contributed by atoms with Crippen molar-refractivity contribution in [3.63, 3.8) is 0 Å². The Labute approximate surface area is 123 Å². The van der Waals surface area contributed by atoms with Crippen LogP contribution in [0.25, 0.3) is 5.32 Å². The highest BCUT2D eigenvalue weighted by molar-refractivity contribution is 5.23. The second-order valence-corrected chi connectivity index (χ2v) is 5.84. The van der Waals surface area contributed by atoms with Crippen LogP contribution in [0.2, 0.25) is 0 Å². The Kier molecular flexibility index (Phi) is 6.02. The van der Waals surface area contributed by atoms with Gasteiger partial charge in [-0.2, -0.15) is 7.05 Å². The summed E-state index contributed by atoms with van der Waals surface area (Å²) in [4.78, 5) is 2.58. The molecule has 20 heavy (non-hydrogen) atoms. The van der Waals surface area contributed by atoms with E-state index in [1.807, 2.05) is 7.05 Å². The number of rotatable bonds is 7. The van der Waals surface area contributed by atoms with Gasteiger partial charge in [0, 0.05) is 19.7 Å². The molecule has 1 aliphatic rings.